The van der Waals surface area contributed by atoms with Crippen molar-refractivity contribution in [3.05, 3.63) is 65.7 Å². The molecule has 3 nitrogen and oxygen atoms in total. The number of hydrogen-bond donors (Lipinski definition) is 2. The number of halogens is 1. The Balaban J connectivity index is 0.000000184. The fourth-order valence-corrected chi connectivity index (χ4v) is 1.35. The summed E-state index contributed by atoms with van der Waals surface area (Å²) >= 11 is 5.53. The number of benzene rings is 2. The number of aromatic carboxylic acids is 1. The van der Waals surface area contributed by atoms with Gasteiger partial charge in [0.15, 0.2) is 0 Å². The van der Waals surface area contributed by atoms with E-state index in [-0.39, 0.29) is 11.3 Å². The molecule has 2 aromatic carbocycles. The summed E-state index contributed by atoms with van der Waals surface area (Å²) in [7, 11) is 0. The summed E-state index contributed by atoms with van der Waals surface area (Å²) < 4.78 is 0. The van der Waals surface area contributed by atoms with Crippen molar-refractivity contribution in [1.82, 2.24) is 0 Å². The molecule has 2 N–H and O–H groups in total. The number of alkyl halides is 1. The van der Waals surface area contributed by atoms with Crippen LogP contribution in [0.2, 0.25) is 0 Å². The molecule has 0 fully saturated rings. The molecule has 0 atom stereocenters. The fourth-order valence-electron chi connectivity index (χ4n) is 1.17. The number of hydrogen-bond acceptors (Lipinski definition) is 2. The van der Waals surface area contributed by atoms with Crippen LogP contribution in [0.3, 0.4) is 0 Å². The van der Waals surface area contributed by atoms with Gasteiger partial charge >= 0.3 is 5.97 Å². The van der Waals surface area contributed by atoms with Crippen molar-refractivity contribution in [3.63, 3.8) is 0 Å². The van der Waals surface area contributed by atoms with Gasteiger partial charge in [-0.25, -0.2) is 4.79 Å². The van der Waals surface area contributed by atoms with Gasteiger partial charge in [-0.15, -0.1) is 11.6 Å². The monoisotopic (exact) mass is 264 g/mol. The number of carbonyl (C=O) groups is 1. The van der Waals surface area contributed by atoms with Crippen LogP contribution in [0.1, 0.15) is 15.9 Å². The SMILES string of the molecule is ClCc1ccccc1.O=C(O)c1ccc(O)cc1. The minimum Gasteiger partial charge on any atom is -0.508 e. The van der Waals surface area contributed by atoms with Crippen molar-refractivity contribution in [3.8, 4) is 5.75 Å². The van der Waals surface area contributed by atoms with Gasteiger partial charge in [0.25, 0.3) is 0 Å². The summed E-state index contributed by atoms with van der Waals surface area (Å²) in [5, 5.41) is 17.1. The van der Waals surface area contributed by atoms with E-state index in [2.05, 4.69) is 0 Å². The second-order valence-electron chi connectivity index (χ2n) is 3.47. The van der Waals surface area contributed by atoms with Crippen LogP contribution in [-0.4, -0.2) is 16.2 Å². The molecule has 0 aromatic heterocycles. The molecular weight excluding hydrogens is 252 g/mol. The first kappa shape index (κ1) is 14.1. The van der Waals surface area contributed by atoms with Gasteiger partial charge in [-0.3, -0.25) is 0 Å². The first-order valence-electron chi connectivity index (χ1n) is 5.25. The molecule has 0 bridgehead atoms. The summed E-state index contributed by atoms with van der Waals surface area (Å²) in [6.45, 7) is 0. The number of phenols is 1. The highest BCUT2D eigenvalue weighted by Gasteiger charge is 1.99. The average molecular weight is 265 g/mol. The Morgan fingerprint density at radius 1 is 1.00 bits per heavy atom. The first-order valence-corrected chi connectivity index (χ1v) is 5.79. The minimum absolute atomic E-state index is 0.0741. The van der Waals surface area contributed by atoms with Gasteiger partial charge in [-0.05, 0) is 29.8 Å². The predicted molar refractivity (Wildman–Crippen MR) is 71.1 cm³/mol. The second kappa shape index (κ2) is 7.35. The Morgan fingerprint density at radius 3 is 1.94 bits per heavy atom. The van der Waals surface area contributed by atoms with E-state index in [0.717, 1.165) is 0 Å². The van der Waals surface area contributed by atoms with Gasteiger partial charge in [0.05, 0.1) is 5.56 Å². The highest BCUT2D eigenvalue weighted by Crippen LogP contribution is 2.08. The molecule has 0 aliphatic heterocycles. The number of phenolic OH excluding ortho intramolecular Hbond substituents is 1. The predicted octanol–water partition coefficient (Wildman–Crippen LogP) is 3.52. The van der Waals surface area contributed by atoms with Gasteiger partial charge in [-0.1, -0.05) is 30.3 Å². The first-order chi connectivity index (χ1) is 8.63. The third kappa shape index (κ3) is 4.89. The molecule has 2 rings (SSSR count). The topological polar surface area (TPSA) is 57.5 Å². The Morgan fingerprint density at radius 2 is 1.56 bits per heavy atom. The molecular formula is C14H13ClO3. The van der Waals surface area contributed by atoms with Crippen LogP contribution in [0.25, 0.3) is 0 Å². The number of carboxylic acids is 1. The Kier molecular flexibility index (Phi) is 5.74. The Labute approximate surface area is 110 Å². The summed E-state index contributed by atoms with van der Waals surface area (Å²) in [4.78, 5) is 10.2. The molecule has 0 unspecified atom stereocenters. The number of carboxylic acid groups (broad SMARTS) is 1. The smallest absolute Gasteiger partial charge is 0.335 e. The van der Waals surface area contributed by atoms with E-state index in [9.17, 15) is 4.79 Å². The maximum atomic E-state index is 10.2. The fraction of sp³-hybridized carbons (Fsp3) is 0.0714. The summed E-state index contributed by atoms with van der Waals surface area (Å²) in [6.07, 6.45) is 0. The quantitative estimate of drug-likeness (QED) is 0.816. The standard InChI is InChI=1S/C7H7Cl.C7H6O3/c8-6-7-4-2-1-3-5-7;8-6-3-1-5(2-4-6)7(9)10/h1-5H,6H2;1-4,8H,(H,9,10). The lowest BCUT2D eigenvalue weighted by Crippen LogP contribution is -1.93. The second-order valence-corrected chi connectivity index (χ2v) is 3.74. The van der Waals surface area contributed by atoms with Crippen molar-refractivity contribution in [1.29, 1.82) is 0 Å². The molecule has 0 saturated carbocycles. The van der Waals surface area contributed by atoms with Crippen molar-refractivity contribution in [2.45, 2.75) is 5.88 Å². The summed E-state index contributed by atoms with van der Waals surface area (Å²) in [6, 6.07) is 15.3. The summed E-state index contributed by atoms with van der Waals surface area (Å²) in [5.74, 6) is -0.300. The van der Waals surface area contributed by atoms with Crippen LogP contribution >= 0.6 is 11.6 Å². The Hall–Kier alpha value is -2.00. The van der Waals surface area contributed by atoms with E-state index >= 15 is 0 Å². The van der Waals surface area contributed by atoms with Crippen LogP contribution in [0.4, 0.5) is 0 Å². The lowest BCUT2D eigenvalue weighted by atomic mass is 10.2. The lowest BCUT2D eigenvalue weighted by Gasteiger charge is -1.92. The zero-order valence-corrected chi connectivity index (χ0v) is 10.3. The van der Waals surface area contributed by atoms with E-state index in [0.29, 0.717) is 5.88 Å². The zero-order chi connectivity index (χ0) is 13.4. The molecule has 0 saturated heterocycles. The van der Waals surface area contributed by atoms with Gasteiger partial charge < -0.3 is 10.2 Å². The van der Waals surface area contributed by atoms with E-state index in [1.807, 2.05) is 30.3 Å². The lowest BCUT2D eigenvalue weighted by molar-refractivity contribution is 0.0697. The van der Waals surface area contributed by atoms with Crippen molar-refractivity contribution < 1.29 is 15.0 Å². The summed E-state index contributed by atoms with van der Waals surface area (Å²) in [5.41, 5.74) is 1.35. The van der Waals surface area contributed by atoms with Crippen LogP contribution in [-0.2, 0) is 5.88 Å². The van der Waals surface area contributed by atoms with Crippen LogP contribution in [0, 0.1) is 0 Å². The molecule has 94 valence electrons. The van der Waals surface area contributed by atoms with E-state index in [1.165, 1.54) is 29.8 Å². The Bertz CT molecular complexity index is 480. The van der Waals surface area contributed by atoms with Crippen LogP contribution in [0.15, 0.2) is 54.6 Å². The van der Waals surface area contributed by atoms with Gasteiger partial charge in [0.2, 0.25) is 0 Å². The molecule has 2 aromatic rings. The molecule has 0 aliphatic carbocycles. The van der Waals surface area contributed by atoms with E-state index in [4.69, 9.17) is 21.8 Å². The number of aromatic hydroxyl groups is 1. The normalized spacial score (nSPS) is 9.17. The minimum atomic E-state index is -0.986. The highest BCUT2D eigenvalue weighted by molar-refractivity contribution is 6.17. The average Bonchev–Trinajstić information content (AvgIpc) is 2.41. The molecule has 18 heavy (non-hydrogen) atoms. The maximum absolute atomic E-state index is 10.2. The highest BCUT2D eigenvalue weighted by atomic mass is 35.5. The molecule has 0 aliphatic rings. The molecule has 0 amide bonds. The van der Waals surface area contributed by atoms with Gasteiger partial charge in [0, 0.05) is 5.88 Å². The van der Waals surface area contributed by atoms with Gasteiger partial charge in [-0.2, -0.15) is 0 Å². The van der Waals surface area contributed by atoms with Crippen molar-refractivity contribution in [2.24, 2.45) is 0 Å². The zero-order valence-electron chi connectivity index (χ0n) is 9.58. The molecule has 0 spiro atoms. The van der Waals surface area contributed by atoms with E-state index in [1.54, 1.807) is 0 Å². The molecule has 0 heterocycles. The van der Waals surface area contributed by atoms with Gasteiger partial charge in [0.1, 0.15) is 5.75 Å². The molecule has 4 heteroatoms. The van der Waals surface area contributed by atoms with Crippen molar-refractivity contribution >= 4 is 17.6 Å². The molecule has 0 radical (unpaired) electrons. The van der Waals surface area contributed by atoms with Crippen LogP contribution < -0.4 is 0 Å². The largest absolute Gasteiger partial charge is 0.508 e. The van der Waals surface area contributed by atoms with Crippen LogP contribution in [0.5, 0.6) is 5.75 Å². The maximum Gasteiger partial charge on any atom is 0.335 e. The van der Waals surface area contributed by atoms with E-state index < -0.39 is 5.97 Å². The third-order valence-corrected chi connectivity index (χ3v) is 2.42. The number of rotatable bonds is 2. The van der Waals surface area contributed by atoms with Crippen molar-refractivity contribution in [2.75, 3.05) is 0 Å². The third-order valence-electron chi connectivity index (χ3n) is 2.11.